The smallest absolute Gasteiger partial charge is 0.0527 e. The van der Waals surface area contributed by atoms with Crippen molar-refractivity contribution < 1.29 is 5.11 Å². The molecule has 1 aliphatic rings. The van der Waals surface area contributed by atoms with E-state index in [0.717, 1.165) is 19.3 Å². The lowest BCUT2D eigenvalue weighted by molar-refractivity contribution is 0.142. The van der Waals surface area contributed by atoms with Crippen LogP contribution in [0.4, 0.5) is 0 Å². The molecule has 0 bridgehead atoms. The Kier molecular flexibility index (Phi) is 5.83. The molecule has 0 aliphatic heterocycles. The first-order chi connectivity index (χ1) is 7.79. The monoisotopic (exact) mass is 222 g/mol. The van der Waals surface area contributed by atoms with Gasteiger partial charge < -0.3 is 5.11 Å². The molecule has 1 N–H and O–H groups in total. The molecular formula is C15H26O. The third-order valence-electron chi connectivity index (χ3n) is 3.73. The molecule has 0 heterocycles. The van der Waals surface area contributed by atoms with Crippen molar-refractivity contribution in [1.82, 2.24) is 0 Å². The molecule has 1 nitrogen and oxygen atoms in total. The van der Waals surface area contributed by atoms with Crippen molar-refractivity contribution >= 4 is 0 Å². The first-order valence-corrected chi connectivity index (χ1v) is 6.76. The molecular weight excluding hydrogens is 196 g/mol. The molecule has 0 aromatic heterocycles. The molecule has 0 fully saturated rings. The van der Waals surface area contributed by atoms with E-state index in [9.17, 15) is 5.11 Å². The Bertz CT molecular complexity index is 252. The second-order valence-corrected chi connectivity index (χ2v) is 4.97. The highest BCUT2D eigenvalue weighted by Crippen LogP contribution is 2.41. The first-order valence-electron chi connectivity index (χ1n) is 6.76. The molecule has 1 unspecified atom stereocenters. The average Bonchev–Trinajstić information content (AvgIpc) is 2.34. The van der Waals surface area contributed by atoms with Crippen LogP contribution >= 0.6 is 0 Å². The number of aliphatic hydroxyl groups excluding tert-OH is 1. The van der Waals surface area contributed by atoms with E-state index in [-0.39, 0.29) is 5.41 Å². The number of hydrogen-bond acceptors (Lipinski definition) is 1. The molecule has 0 spiro atoms. The molecule has 0 saturated carbocycles. The topological polar surface area (TPSA) is 20.2 Å². The summed E-state index contributed by atoms with van der Waals surface area (Å²) in [6.07, 6.45) is 14.8. The summed E-state index contributed by atoms with van der Waals surface area (Å²) in [5, 5.41) is 9.76. The fourth-order valence-corrected chi connectivity index (χ4v) is 2.52. The van der Waals surface area contributed by atoms with E-state index >= 15 is 0 Å². The van der Waals surface area contributed by atoms with Crippen molar-refractivity contribution in [3.63, 3.8) is 0 Å². The van der Waals surface area contributed by atoms with Gasteiger partial charge in [-0.3, -0.25) is 0 Å². The summed E-state index contributed by atoms with van der Waals surface area (Å²) < 4.78 is 0. The number of rotatable bonds is 7. The molecule has 1 heteroatoms. The molecule has 1 aliphatic carbocycles. The van der Waals surface area contributed by atoms with Crippen LogP contribution in [0.15, 0.2) is 23.8 Å². The zero-order valence-electron chi connectivity index (χ0n) is 10.8. The van der Waals surface area contributed by atoms with Crippen molar-refractivity contribution in [2.75, 3.05) is 6.61 Å². The maximum atomic E-state index is 9.76. The summed E-state index contributed by atoms with van der Waals surface area (Å²) in [4.78, 5) is 0. The molecule has 1 atom stereocenters. The zero-order chi connectivity index (χ0) is 11.9. The van der Waals surface area contributed by atoms with E-state index < -0.39 is 0 Å². The number of hydrogen-bond donors (Lipinski definition) is 1. The summed E-state index contributed by atoms with van der Waals surface area (Å²) in [6, 6.07) is 0. The predicted molar refractivity (Wildman–Crippen MR) is 70.4 cm³/mol. The zero-order valence-corrected chi connectivity index (χ0v) is 10.8. The molecule has 92 valence electrons. The number of aliphatic hydroxyl groups is 1. The normalized spacial score (nSPS) is 24.6. The van der Waals surface area contributed by atoms with Gasteiger partial charge in [0.2, 0.25) is 0 Å². The van der Waals surface area contributed by atoms with Crippen LogP contribution in [0, 0.1) is 5.41 Å². The van der Waals surface area contributed by atoms with Gasteiger partial charge in [0, 0.05) is 5.41 Å². The van der Waals surface area contributed by atoms with Gasteiger partial charge >= 0.3 is 0 Å². The van der Waals surface area contributed by atoms with Gasteiger partial charge in [-0.15, -0.1) is 0 Å². The third-order valence-corrected chi connectivity index (χ3v) is 3.73. The van der Waals surface area contributed by atoms with Gasteiger partial charge in [0.1, 0.15) is 0 Å². The third kappa shape index (κ3) is 3.21. The van der Waals surface area contributed by atoms with E-state index in [2.05, 4.69) is 32.1 Å². The molecule has 1 rings (SSSR count). The van der Waals surface area contributed by atoms with E-state index in [1.54, 1.807) is 0 Å². The van der Waals surface area contributed by atoms with Crippen LogP contribution in [0.3, 0.4) is 0 Å². The van der Waals surface area contributed by atoms with Crippen LogP contribution < -0.4 is 0 Å². The molecule has 16 heavy (non-hydrogen) atoms. The van der Waals surface area contributed by atoms with E-state index in [1.807, 2.05) is 0 Å². The SMILES string of the molecule is CCCCC1=CC=CCC1(CO)CCCC. The molecule has 0 saturated heterocycles. The Labute approximate surface area is 100 Å². The fourth-order valence-electron chi connectivity index (χ4n) is 2.52. The largest absolute Gasteiger partial charge is 0.395 e. The van der Waals surface area contributed by atoms with Gasteiger partial charge in [-0.25, -0.2) is 0 Å². The summed E-state index contributed by atoms with van der Waals surface area (Å²) >= 11 is 0. The van der Waals surface area contributed by atoms with Gasteiger partial charge in [0.05, 0.1) is 6.61 Å². The highest BCUT2D eigenvalue weighted by atomic mass is 16.3. The van der Waals surface area contributed by atoms with Crippen LogP contribution in [-0.4, -0.2) is 11.7 Å². The quantitative estimate of drug-likeness (QED) is 0.683. The minimum absolute atomic E-state index is 0.0694. The van der Waals surface area contributed by atoms with Gasteiger partial charge in [0.15, 0.2) is 0 Å². The van der Waals surface area contributed by atoms with E-state index in [4.69, 9.17) is 0 Å². The Balaban J connectivity index is 2.71. The maximum absolute atomic E-state index is 9.76. The maximum Gasteiger partial charge on any atom is 0.0527 e. The second-order valence-electron chi connectivity index (χ2n) is 4.97. The molecule has 0 radical (unpaired) electrons. The Hall–Kier alpha value is -0.560. The highest BCUT2D eigenvalue weighted by molar-refractivity contribution is 5.26. The van der Waals surface area contributed by atoms with Gasteiger partial charge in [-0.05, 0) is 25.7 Å². The lowest BCUT2D eigenvalue weighted by atomic mass is 9.70. The van der Waals surface area contributed by atoms with Gasteiger partial charge in [0.25, 0.3) is 0 Å². The molecule has 0 amide bonds. The molecule has 0 aromatic rings. The Morgan fingerprint density at radius 3 is 2.62 bits per heavy atom. The summed E-state index contributed by atoms with van der Waals surface area (Å²) in [5.74, 6) is 0. The second kappa shape index (κ2) is 6.90. The first kappa shape index (κ1) is 13.5. The summed E-state index contributed by atoms with van der Waals surface area (Å²) in [5.41, 5.74) is 1.55. The Morgan fingerprint density at radius 1 is 1.25 bits per heavy atom. The van der Waals surface area contributed by atoms with E-state index in [0.29, 0.717) is 6.61 Å². The minimum Gasteiger partial charge on any atom is -0.395 e. The van der Waals surface area contributed by atoms with Gasteiger partial charge in [-0.2, -0.15) is 0 Å². The molecule has 0 aromatic carbocycles. The van der Waals surface area contributed by atoms with Crippen molar-refractivity contribution in [2.24, 2.45) is 5.41 Å². The predicted octanol–water partition coefficient (Wildman–Crippen LogP) is 4.23. The fraction of sp³-hybridized carbons (Fsp3) is 0.733. The highest BCUT2D eigenvalue weighted by Gasteiger charge is 2.32. The van der Waals surface area contributed by atoms with E-state index in [1.165, 1.54) is 31.3 Å². The minimum atomic E-state index is 0.0694. The average molecular weight is 222 g/mol. The van der Waals surface area contributed by atoms with Crippen LogP contribution in [0.1, 0.15) is 58.8 Å². The van der Waals surface area contributed by atoms with Crippen molar-refractivity contribution in [1.29, 1.82) is 0 Å². The van der Waals surface area contributed by atoms with Crippen LogP contribution in [0.2, 0.25) is 0 Å². The van der Waals surface area contributed by atoms with Crippen LogP contribution in [0.5, 0.6) is 0 Å². The lowest BCUT2D eigenvalue weighted by Crippen LogP contribution is -2.29. The van der Waals surface area contributed by atoms with Crippen LogP contribution in [-0.2, 0) is 0 Å². The summed E-state index contributed by atoms with van der Waals surface area (Å²) in [7, 11) is 0. The Morgan fingerprint density at radius 2 is 2.00 bits per heavy atom. The van der Waals surface area contributed by atoms with Gasteiger partial charge in [-0.1, -0.05) is 56.9 Å². The summed E-state index contributed by atoms with van der Waals surface area (Å²) in [6.45, 7) is 4.76. The number of allylic oxidation sites excluding steroid dienone is 3. The lowest BCUT2D eigenvalue weighted by Gasteiger charge is -2.36. The van der Waals surface area contributed by atoms with Crippen molar-refractivity contribution in [2.45, 2.75) is 58.8 Å². The number of unbranched alkanes of at least 4 members (excludes halogenated alkanes) is 2. The van der Waals surface area contributed by atoms with Crippen molar-refractivity contribution in [3.05, 3.63) is 23.8 Å². The van der Waals surface area contributed by atoms with Crippen molar-refractivity contribution in [3.8, 4) is 0 Å². The van der Waals surface area contributed by atoms with Crippen LogP contribution in [0.25, 0.3) is 0 Å². The standard InChI is InChI=1S/C15H26O/c1-3-5-9-14-10-7-8-12-15(14,13-16)11-6-4-2/h7-8,10,16H,3-6,9,11-13H2,1-2H3.